The van der Waals surface area contributed by atoms with Gasteiger partial charge in [0, 0.05) is 0 Å². The SMILES string of the molecule is COc1ccc([C@@H](N)[C@@H](O)C2CCC2)cc1F. The molecule has 1 aliphatic rings. The van der Waals surface area contributed by atoms with Crippen LogP contribution in [0.4, 0.5) is 4.39 Å². The third kappa shape index (κ3) is 2.42. The predicted molar refractivity (Wildman–Crippen MR) is 63.2 cm³/mol. The van der Waals surface area contributed by atoms with Crippen molar-refractivity contribution in [1.82, 2.24) is 0 Å². The molecular formula is C13H18FNO2. The molecule has 0 amide bonds. The predicted octanol–water partition coefficient (Wildman–Crippen LogP) is 2.00. The van der Waals surface area contributed by atoms with Crippen LogP contribution in [0.2, 0.25) is 0 Å². The Morgan fingerprint density at radius 2 is 2.18 bits per heavy atom. The van der Waals surface area contributed by atoms with Gasteiger partial charge in [0.15, 0.2) is 11.6 Å². The molecular weight excluding hydrogens is 221 g/mol. The summed E-state index contributed by atoms with van der Waals surface area (Å²) in [5, 5.41) is 10.0. The molecule has 1 saturated carbocycles. The zero-order valence-electron chi connectivity index (χ0n) is 9.90. The molecule has 1 aromatic rings. The second kappa shape index (κ2) is 5.02. The van der Waals surface area contributed by atoms with Crippen molar-refractivity contribution in [2.24, 2.45) is 11.7 Å². The Hall–Kier alpha value is -1.13. The summed E-state index contributed by atoms with van der Waals surface area (Å²) in [6.45, 7) is 0. The highest BCUT2D eigenvalue weighted by Gasteiger charge is 2.30. The van der Waals surface area contributed by atoms with Crippen LogP contribution >= 0.6 is 0 Å². The lowest BCUT2D eigenvalue weighted by atomic mass is 9.77. The zero-order chi connectivity index (χ0) is 12.4. The van der Waals surface area contributed by atoms with Gasteiger partial charge >= 0.3 is 0 Å². The third-order valence-electron chi connectivity index (χ3n) is 3.56. The first-order chi connectivity index (χ1) is 8.13. The molecule has 0 heterocycles. The van der Waals surface area contributed by atoms with Crippen molar-refractivity contribution in [2.45, 2.75) is 31.4 Å². The van der Waals surface area contributed by atoms with Gasteiger partial charge in [-0.25, -0.2) is 4.39 Å². The van der Waals surface area contributed by atoms with Gasteiger partial charge in [0.2, 0.25) is 0 Å². The molecule has 0 bridgehead atoms. The van der Waals surface area contributed by atoms with E-state index in [1.54, 1.807) is 6.07 Å². The molecule has 0 aromatic heterocycles. The Balaban J connectivity index is 2.12. The van der Waals surface area contributed by atoms with Crippen molar-refractivity contribution in [3.05, 3.63) is 29.6 Å². The van der Waals surface area contributed by atoms with E-state index in [1.165, 1.54) is 19.2 Å². The fourth-order valence-corrected chi connectivity index (χ4v) is 2.16. The largest absolute Gasteiger partial charge is 0.494 e. The second-order valence-corrected chi connectivity index (χ2v) is 4.60. The molecule has 2 atom stereocenters. The molecule has 0 radical (unpaired) electrons. The van der Waals surface area contributed by atoms with Crippen molar-refractivity contribution < 1.29 is 14.2 Å². The van der Waals surface area contributed by atoms with Gasteiger partial charge in [-0.3, -0.25) is 0 Å². The molecule has 17 heavy (non-hydrogen) atoms. The number of aliphatic hydroxyl groups is 1. The first kappa shape index (κ1) is 12.3. The number of benzene rings is 1. The number of hydrogen-bond acceptors (Lipinski definition) is 3. The van der Waals surface area contributed by atoms with Crippen molar-refractivity contribution in [2.75, 3.05) is 7.11 Å². The molecule has 0 unspecified atom stereocenters. The Bertz CT molecular complexity index is 393. The molecule has 1 aromatic carbocycles. The normalized spacial score (nSPS) is 19.5. The summed E-state index contributed by atoms with van der Waals surface area (Å²) in [5.74, 6) is 0.00973. The first-order valence-corrected chi connectivity index (χ1v) is 5.90. The number of ether oxygens (including phenoxy) is 1. The van der Waals surface area contributed by atoms with Gasteiger partial charge in [0.05, 0.1) is 19.3 Å². The minimum atomic E-state index is -0.587. The summed E-state index contributed by atoms with van der Waals surface area (Å²) in [7, 11) is 1.42. The Labute approximate surface area is 100 Å². The Morgan fingerprint density at radius 1 is 1.47 bits per heavy atom. The van der Waals surface area contributed by atoms with Crippen LogP contribution in [0.1, 0.15) is 30.9 Å². The molecule has 0 aliphatic heterocycles. The number of hydrogen-bond donors (Lipinski definition) is 2. The maximum Gasteiger partial charge on any atom is 0.165 e. The van der Waals surface area contributed by atoms with E-state index in [-0.39, 0.29) is 11.7 Å². The van der Waals surface area contributed by atoms with Gasteiger partial charge in [-0.2, -0.15) is 0 Å². The van der Waals surface area contributed by atoms with Crippen molar-refractivity contribution in [1.29, 1.82) is 0 Å². The summed E-state index contributed by atoms with van der Waals surface area (Å²) >= 11 is 0. The molecule has 94 valence electrons. The van der Waals surface area contributed by atoms with Crippen molar-refractivity contribution in [3.8, 4) is 5.75 Å². The van der Waals surface area contributed by atoms with Crippen molar-refractivity contribution in [3.63, 3.8) is 0 Å². The van der Waals surface area contributed by atoms with E-state index in [1.807, 2.05) is 0 Å². The first-order valence-electron chi connectivity index (χ1n) is 5.90. The Kier molecular flexibility index (Phi) is 3.64. The van der Waals surface area contributed by atoms with Gasteiger partial charge < -0.3 is 15.6 Å². The lowest BCUT2D eigenvalue weighted by molar-refractivity contribution is 0.0413. The van der Waals surface area contributed by atoms with Gasteiger partial charge in [-0.05, 0) is 36.5 Å². The third-order valence-corrected chi connectivity index (χ3v) is 3.56. The average Bonchev–Trinajstić information content (AvgIpc) is 2.25. The molecule has 0 saturated heterocycles. The minimum Gasteiger partial charge on any atom is -0.494 e. The van der Waals surface area contributed by atoms with E-state index in [9.17, 15) is 9.50 Å². The topological polar surface area (TPSA) is 55.5 Å². The van der Waals surface area contributed by atoms with Gasteiger partial charge in [-0.1, -0.05) is 12.5 Å². The zero-order valence-corrected chi connectivity index (χ0v) is 9.90. The molecule has 0 spiro atoms. The van der Waals surface area contributed by atoms with E-state index in [4.69, 9.17) is 10.5 Å². The van der Waals surface area contributed by atoms with E-state index in [0.29, 0.717) is 5.56 Å². The molecule has 4 heteroatoms. The lowest BCUT2D eigenvalue weighted by Gasteiger charge is -2.33. The lowest BCUT2D eigenvalue weighted by Crippen LogP contribution is -2.36. The van der Waals surface area contributed by atoms with Gasteiger partial charge in [0.25, 0.3) is 0 Å². The average molecular weight is 239 g/mol. The number of halogens is 1. The number of nitrogens with two attached hydrogens (primary N) is 1. The number of methoxy groups -OCH3 is 1. The fourth-order valence-electron chi connectivity index (χ4n) is 2.16. The molecule has 3 nitrogen and oxygen atoms in total. The monoisotopic (exact) mass is 239 g/mol. The van der Waals surface area contributed by atoms with Crippen LogP contribution in [-0.2, 0) is 0 Å². The van der Waals surface area contributed by atoms with E-state index < -0.39 is 18.0 Å². The van der Waals surface area contributed by atoms with Crippen LogP contribution in [0, 0.1) is 11.7 Å². The van der Waals surface area contributed by atoms with E-state index >= 15 is 0 Å². The van der Waals surface area contributed by atoms with Crippen LogP contribution in [-0.4, -0.2) is 18.3 Å². The minimum absolute atomic E-state index is 0.194. The molecule has 1 fully saturated rings. The number of rotatable bonds is 4. The van der Waals surface area contributed by atoms with Crippen LogP contribution in [0.25, 0.3) is 0 Å². The van der Waals surface area contributed by atoms with E-state index in [2.05, 4.69) is 0 Å². The van der Waals surface area contributed by atoms with Crippen molar-refractivity contribution >= 4 is 0 Å². The van der Waals surface area contributed by atoms with Crippen LogP contribution in [0.3, 0.4) is 0 Å². The van der Waals surface area contributed by atoms with Crippen LogP contribution in [0.5, 0.6) is 5.75 Å². The molecule has 1 aliphatic carbocycles. The molecule has 2 rings (SSSR count). The quantitative estimate of drug-likeness (QED) is 0.845. The maximum absolute atomic E-state index is 13.5. The summed E-state index contributed by atoms with van der Waals surface area (Å²) in [5.41, 5.74) is 6.57. The van der Waals surface area contributed by atoms with Gasteiger partial charge in [0.1, 0.15) is 0 Å². The van der Waals surface area contributed by atoms with E-state index in [0.717, 1.165) is 19.3 Å². The smallest absolute Gasteiger partial charge is 0.165 e. The van der Waals surface area contributed by atoms with Gasteiger partial charge in [-0.15, -0.1) is 0 Å². The summed E-state index contributed by atoms with van der Waals surface area (Å²) < 4.78 is 18.4. The molecule has 3 N–H and O–H groups in total. The fraction of sp³-hybridized carbons (Fsp3) is 0.538. The van der Waals surface area contributed by atoms with Crippen LogP contribution in [0.15, 0.2) is 18.2 Å². The summed E-state index contributed by atoms with van der Waals surface area (Å²) in [6, 6.07) is 4.05. The standard InChI is InChI=1S/C13H18FNO2/c1-17-11-6-5-9(7-10(11)14)12(15)13(16)8-3-2-4-8/h5-8,12-13,16H,2-4,15H2,1H3/t12-,13+/m1/s1. The Morgan fingerprint density at radius 3 is 2.65 bits per heavy atom. The summed E-state index contributed by atoms with van der Waals surface area (Å²) in [6.07, 6.45) is 2.57. The maximum atomic E-state index is 13.5. The van der Waals surface area contributed by atoms with Crippen LogP contribution < -0.4 is 10.5 Å². The highest BCUT2D eigenvalue weighted by atomic mass is 19.1. The highest BCUT2D eigenvalue weighted by molar-refractivity contribution is 5.31. The summed E-state index contributed by atoms with van der Waals surface area (Å²) in [4.78, 5) is 0. The number of aliphatic hydroxyl groups excluding tert-OH is 1. The second-order valence-electron chi connectivity index (χ2n) is 4.60. The highest BCUT2D eigenvalue weighted by Crippen LogP contribution is 2.34.